The molecule has 0 fully saturated rings. The van der Waals surface area contributed by atoms with Gasteiger partial charge in [0, 0.05) is 31.9 Å². The van der Waals surface area contributed by atoms with E-state index in [0.29, 0.717) is 27.5 Å². The highest BCUT2D eigenvalue weighted by molar-refractivity contribution is 7.15. The fourth-order valence-electron chi connectivity index (χ4n) is 2.15. The van der Waals surface area contributed by atoms with Gasteiger partial charge in [0.2, 0.25) is 5.13 Å². The number of urea groups is 1. The van der Waals surface area contributed by atoms with Gasteiger partial charge in [-0.05, 0) is 35.9 Å². The molecule has 10 heteroatoms. The average molecular weight is 419 g/mol. The summed E-state index contributed by atoms with van der Waals surface area (Å²) in [5.74, 6) is 1.54. The van der Waals surface area contributed by atoms with Gasteiger partial charge in [-0.3, -0.25) is 5.32 Å². The van der Waals surface area contributed by atoms with Gasteiger partial charge in [-0.2, -0.15) is 0 Å². The Morgan fingerprint density at radius 3 is 2.64 bits per heavy atom. The third kappa shape index (κ3) is 5.80. The van der Waals surface area contributed by atoms with Crippen LogP contribution in [0.2, 0.25) is 5.02 Å². The predicted octanol–water partition coefficient (Wildman–Crippen LogP) is 3.55. The molecule has 0 radical (unpaired) electrons. The average Bonchev–Trinajstić information content (AvgIpc) is 3.13. The molecule has 0 saturated carbocycles. The van der Waals surface area contributed by atoms with Crippen LogP contribution in [-0.2, 0) is 13.2 Å². The van der Waals surface area contributed by atoms with Crippen molar-refractivity contribution in [2.24, 2.45) is 0 Å². The molecule has 0 aliphatic heterocycles. The van der Waals surface area contributed by atoms with E-state index in [-0.39, 0.29) is 12.6 Å². The Balaban J connectivity index is 1.44. The molecule has 2 heterocycles. The van der Waals surface area contributed by atoms with Crippen LogP contribution in [0.15, 0.2) is 42.6 Å². The largest absolute Gasteiger partial charge is 0.486 e. The Hall–Kier alpha value is -2.91. The number of hydrogen-bond donors (Lipinski definition) is 2. The molecule has 0 unspecified atom stereocenters. The van der Waals surface area contributed by atoms with Gasteiger partial charge in [0.1, 0.15) is 18.2 Å². The number of nitrogens with zero attached hydrogens (tertiary/aromatic N) is 4. The Morgan fingerprint density at radius 2 is 1.96 bits per heavy atom. The summed E-state index contributed by atoms with van der Waals surface area (Å²) in [5.41, 5.74) is 0.898. The molecule has 3 rings (SSSR count). The number of pyridine rings is 1. The molecule has 0 aliphatic rings. The van der Waals surface area contributed by atoms with Crippen molar-refractivity contribution in [3.8, 4) is 5.75 Å². The molecule has 28 heavy (non-hydrogen) atoms. The van der Waals surface area contributed by atoms with Crippen molar-refractivity contribution in [1.82, 2.24) is 20.5 Å². The highest BCUT2D eigenvalue weighted by Gasteiger charge is 2.09. The first-order valence-electron chi connectivity index (χ1n) is 8.37. The van der Waals surface area contributed by atoms with Gasteiger partial charge in [-0.1, -0.05) is 29.0 Å². The molecular weight excluding hydrogens is 400 g/mol. The lowest BCUT2D eigenvalue weighted by Gasteiger charge is -2.11. The third-order valence-electron chi connectivity index (χ3n) is 3.58. The SMILES string of the molecule is CN(C)c1ccc(CNC(=O)Nc2nnc(COc3ccc(Cl)cc3)s2)cn1. The van der Waals surface area contributed by atoms with Crippen LogP contribution < -0.4 is 20.3 Å². The topological polar surface area (TPSA) is 92.3 Å². The molecule has 3 aromatic rings. The fraction of sp³-hybridized carbons (Fsp3) is 0.222. The number of amides is 2. The summed E-state index contributed by atoms with van der Waals surface area (Å²) >= 11 is 7.08. The second-order valence-corrected chi connectivity index (χ2v) is 7.47. The predicted molar refractivity (Wildman–Crippen MR) is 110 cm³/mol. The maximum Gasteiger partial charge on any atom is 0.321 e. The van der Waals surface area contributed by atoms with Gasteiger partial charge < -0.3 is 15.0 Å². The van der Waals surface area contributed by atoms with Gasteiger partial charge in [0.25, 0.3) is 0 Å². The van der Waals surface area contributed by atoms with Crippen LogP contribution in [0.4, 0.5) is 15.7 Å². The Bertz CT molecular complexity index is 915. The van der Waals surface area contributed by atoms with Crippen LogP contribution in [-0.4, -0.2) is 35.3 Å². The van der Waals surface area contributed by atoms with E-state index >= 15 is 0 Å². The zero-order chi connectivity index (χ0) is 19.9. The number of halogens is 1. The van der Waals surface area contributed by atoms with Crippen molar-refractivity contribution in [2.75, 3.05) is 24.3 Å². The highest BCUT2D eigenvalue weighted by Crippen LogP contribution is 2.20. The van der Waals surface area contributed by atoms with E-state index in [1.807, 2.05) is 31.1 Å². The normalized spacial score (nSPS) is 10.4. The molecule has 146 valence electrons. The first-order chi connectivity index (χ1) is 13.5. The maximum absolute atomic E-state index is 12.0. The van der Waals surface area contributed by atoms with Gasteiger partial charge in [0.05, 0.1) is 0 Å². The lowest BCUT2D eigenvalue weighted by atomic mass is 10.3. The third-order valence-corrected chi connectivity index (χ3v) is 4.65. The lowest BCUT2D eigenvalue weighted by molar-refractivity contribution is 0.251. The quantitative estimate of drug-likeness (QED) is 0.609. The number of aromatic nitrogens is 3. The molecule has 2 aromatic heterocycles. The molecule has 0 aliphatic carbocycles. The highest BCUT2D eigenvalue weighted by atomic mass is 35.5. The molecule has 2 amide bonds. The first-order valence-corrected chi connectivity index (χ1v) is 9.57. The van der Waals surface area contributed by atoms with Gasteiger partial charge >= 0.3 is 6.03 Å². The molecule has 0 atom stereocenters. The minimum atomic E-state index is -0.363. The van der Waals surface area contributed by atoms with E-state index in [9.17, 15) is 4.79 Å². The van der Waals surface area contributed by atoms with Crippen molar-refractivity contribution < 1.29 is 9.53 Å². The van der Waals surface area contributed by atoms with Crippen LogP contribution in [0, 0.1) is 0 Å². The molecule has 8 nitrogen and oxygen atoms in total. The summed E-state index contributed by atoms with van der Waals surface area (Å²) in [6.45, 7) is 0.615. The summed E-state index contributed by atoms with van der Waals surface area (Å²) in [7, 11) is 3.84. The summed E-state index contributed by atoms with van der Waals surface area (Å²) in [4.78, 5) is 18.2. The first kappa shape index (κ1) is 19.8. The summed E-state index contributed by atoms with van der Waals surface area (Å²) in [6, 6.07) is 10.5. The monoisotopic (exact) mass is 418 g/mol. The van der Waals surface area contributed by atoms with Crippen molar-refractivity contribution in [2.45, 2.75) is 13.2 Å². The molecule has 0 saturated heterocycles. The van der Waals surface area contributed by atoms with Crippen molar-refractivity contribution in [3.63, 3.8) is 0 Å². The standard InChI is InChI=1S/C18H19ClN6O2S/c1-25(2)15-8-3-12(9-20-15)10-21-17(26)22-18-24-23-16(28-18)11-27-14-6-4-13(19)5-7-14/h3-9H,10-11H2,1-2H3,(H2,21,22,24,26). The summed E-state index contributed by atoms with van der Waals surface area (Å²) in [5, 5.41) is 15.1. The number of benzene rings is 1. The van der Waals surface area contributed by atoms with Crippen molar-refractivity contribution >= 4 is 39.9 Å². The van der Waals surface area contributed by atoms with E-state index < -0.39 is 0 Å². The van der Waals surface area contributed by atoms with E-state index in [2.05, 4.69) is 25.8 Å². The van der Waals surface area contributed by atoms with Gasteiger partial charge in [-0.25, -0.2) is 9.78 Å². The minimum absolute atomic E-state index is 0.256. The van der Waals surface area contributed by atoms with Gasteiger partial charge in [-0.15, -0.1) is 10.2 Å². The molecule has 1 aromatic carbocycles. The minimum Gasteiger partial charge on any atom is -0.486 e. The van der Waals surface area contributed by atoms with Crippen molar-refractivity contribution in [3.05, 3.63) is 58.2 Å². The van der Waals surface area contributed by atoms with Crippen LogP contribution in [0.25, 0.3) is 0 Å². The lowest BCUT2D eigenvalue weighted by Crippen LogP contribution is -2.28. The van der Waals surface area contributed by atoms with Crippen molar-refractivity contribution in [1.29, 1.82) is 0 Å². The van der Waals surface area contributed by atoms with E-state index in [1.54, 1.807) is 30.5 Å². The molecular formula is C18H19ClN6O2S. The molecule has 2 N–H and O–H groups in total. The Morgan fingerprint density at radius 1 is 1.18 bits per heavy atom. The smallest absolute Gasteiger partial charge is 0.321 e. The van der Waals surface area contributed by atoms with Crippen LogP contribution in [0.3, 0.4) is 0 Å². The number of rotatable bonds is 7. The second kappa shape index (κ2) is 9.34. The number of hydrogen-bond acceptors (Lipinski definition) is 7. The van der Waals surface area contributed by atoms with E-state index in [1.165, 1.54) is 11.3 Å². The van der Waals surface area contributed by atoms with Crippen LogP contribution in [0.1, 0.15) is 10.6 Å². The van der Waals surface area contributed by atoms with Gasteiger partial charge in [0.15, 0.2) is 5.01 Å². The molecule has 0 bridgehead atoms. The zero-order valence-corrected chi connectivity index (χ0v) is 16.9. The number of anilines is 2. The number of carbonyl (C=O) groups excluding carboxylic acids is 1. The summed E-state index contributed by atoms with van der Waals surface area (Å²) in [6.07, 6.45) is 1.73. The molecule has 0 spiro atoms. The number of ether oxygens (including phenoxy) is 1. The van der Waals surface area contributed by atoms with Crippen LogP contribution in [0.5, 0.6) is 5.75 Å². The number of nitrogens with one attached hydrogen (secondary N) is 2. The fourth-order valence-corrected chi connectivity index (χ4v) is 2.92. The van der Waals surface area contributed by atoms with E-state index in [4.69, 9.17) is 16.3 Å². The summed E-state index contributed by atoms with van der Waals surface area (Å²) < 4.78 is 5.61. The maximum atomic E-state index is 12.0. The zero-order valence-electron chi connectivity index (χ0n) is 15.3. The second-order valence-electron chi connectivity index (χ2n) is 5.97. The number of carbonyl (C=O) groups is 1. The Labute approximate surface area is 171 Å². The van der Waals surface area contributed by atoms with E-state index in [0.717, 1.165) is 11.4 Å². The Kier molecular flexibility index (Phi) is 6.62. The van der Waals surface area contributed by atoms with Crippen LogP contribution >= 0.6 is 22.9 Å².